The van der Waals surface area contributed by atoms with E-state index >= 15 is 0 Å². The van der Waals surface area contributed by atoms with E-state index in [9.17, 15) is 9.59 Å². The summed E-state index contributed by atoms with van der Waals surface area (Å²) in [6.07, 6.45) is -0.726. The van der Waals surface area contributed by atoms with Crippen LogP contribution >= 0.6 is 11.6 Å². The maximum absolute atomic E-state index is 12.2. The highest BCUT2D eigenvalue weighted by Crippen LogP contribution is 2.24. The predicted octanol–water partition coefficient (Wildman–Crippen LogP) is 2.61. The number of primary amides is 1. The Morgan fingerprint density at radius 3 is 2.46 bits per heavy atom. The van der Waals surface area contributed by atoms with Crippen molar-refractivity contribution in [2.45, 2.75) is 13.0 Å². The zero-order valence-electron chi connectivity index (χ0n) is 13.0. The first-order valence-corrected chi connectivity index (χ1v) is 7.56. The minimum Gasteiger partial charge on any atom is -0.484 e. The Morgan fingerprint density at radius 2 is 1.83 bits per heavy atom. The van der Waals surface area contributed by atoms with Crippen LogP contribution in [0.3, 0.4) is 0 Å². The molecule has 0 radical (unpaired) electrons. The molecule has 0 aliphatic heterocycles. The summed E-state index contributed by atoms with van der Waals surface area (Å²) in [6.45, 7) is 1.43. The lowest BCUT2D eigenvalue weighted by molar-refractivity contribution is -0.122. The van der Waals surface area contributed by atoms with E-state index in [1.807, 2.05) is 0 Å². The van der Waals surface area contributed by atoms with Gasteiger partial charge in [-0.15, -0.1) is 0 Å². The van der Waals surface area contributed by atoms with Gasteiger partial charge in [0.05, 0.1) is 5.02 Å². The van der Waals surface area contributed by atoms with E-state index in [1.54, 1.807) is 55.5 Å². The fraction of sp³-hybridized carbons (Fsp3) is 0.176. The first-order chi connectivity index (χ1) is 11.5. The number of para-hydroxylation sites is 1. The van der Waals surface area contributed by atoms with Gasteiger partial charge in [-0.3, -0.25) is 9.59 Å². The Kier molecular flexibility index (Phi) is 6.03. The molecule has 7 heteroatoms. The standard InChI is InChI=1S/C17H17ClN2O4/c1-11(24-15-5-3-2-4-14(15)18)17(22)20-12-6-8-13(9-7-12)23-10-16(19)21/h2-9,11H,10H2,1H3,(H2,19,21)(H,20,22). The lowest BCUT2D eigenvalue weighted by atomic mass is 10.2. The molecule has 2 rings (SSSR count). The van der Waals surface area contributed by atoms with E-state index < -0.39 is 12.0 Å². The first-order valence-electron chi connectivity index (χ1n) is 7.19. The number of ether oxygens (including phenoxy) is 2. The fourth-order valence-electron chi connectivity index (χ4n) is 1.82. The summed E-state index contributed by atoms with van der Waals surface area (Å²) in [6, 6.07) is 13.5. The largest absolute Gasteiger partial charge is 0.484 e. The number of rotatable bonds is 7. The van der Waals surface area contributed by atoms with Gasteiger partial charge in [0.25, 0.3) is 11.8 Å². The second-order valence-corrected chi connectivity index (χ2v) is 5.37. The number of anilines is 1. The van der Waals surface area contributed by atoms with Crippen molar-refractivity contribution in [3.63, 3.8) is 0 Å². The molecule has 0 fully saturated rings. The molecule has 0 aliphatic carbocycles. The Morgan fingerprint density at radius 1 is 1.17 bits per heavy atom. The maximum Gasteiger partial charge on any atom is 0.265 e. The number of amides is 2. The maximum atomic E-state index is 12.2. The number of halogens is 1. The Balaban J connectivity index is 1.91. The number of benzene rings is 2. The number of hydrogen-bond donors (Lipinski definition) is 2. The van der Waals surface area contributed by atoms with Crippen LogP contribution in [0.15, 0.2) is 48.5 Å². The summed E-state index contributed by atoms with van der Waals surface area (Å²) in [7, 11) is 0. The van der Waals surface area contributed by atoms with Gasteiger partial charge >= 0.3 is 0 Å². The summed E-state index contributed by atoms with van der Waals surface area (Å²) in [4.78, 5) is 22.8. The highest BCUT2D eigenvalue weighted by molar-refractivity contribution is 6.32. The highest BCUT2D eigenvalue weighted by atomic mass is 35.5. The molecule has 0 bridgehead atoms. The fourth-order valence-corrected chi connectivity index (χ4v) is 2.00. The van der Waals surface area contributed by atoms with E-state index in [2.05, 4.69) is 5.32 Å². The van der Waals surface area contributed by atoms with Crippen LogP contribution < -0.4 is 20.5 Å². The third-order valence-corrected chi connectivity index (χ3v) is 3.32. The molecule has 0 heterocycles. The van der Waals surface area contributed by atoms with E-state index in [0.29, 0.717) is 22.2 Å². The van der Waals surface area contributed by atoms with Crippen molar-refractivity contribution >= 4 is 29.1 Å². The minimum atomic E-state index is -0.726. The van der Waals surface area contributed by atoms with Gasteiger partial charge in [-0.1, -0.05) is 23.7 Å². The second-order valence-electron chi connectivity index (χ2n) is 4.96. The van der Waals surface area contributed by atoms with Crippen molar-refractivity contribution < 1.29 is 19.1 Å². The van der Waals surface area contributed by atoms with Crippen molar-refractivity contribution in [3.05, 3.63) is 53.6 Å². The molecular weight excluding hydrogens is 332 g/mol. The van der Waals surface area contributed by atoms with Crippen LogP contribution in [0.4, 0.5) is 5.69 Å². The highest BCUT2D eigenvalue weighted by Gasteiger charge is 2.16. The van der Waals surface area contributed by atoms with Crippen molar-refractivity contribution in [1.29, 1.82) is 0 Å². The molecule has 0 saturated carbocycles. The van der Waals surface area contributed by atoms with Crippen LogP contribution in [0, 0.1) is 0 Å². The number of carbonyl (C=O) groups excluding carboxylic acids is 2. The molecule has 0 saturated heterocycles. The molecule has 2 amide bonds. The van der Waals surface area contributed by atoms with Crippen LogP contribution in [0.2, 0.25) is 5.02 Å². The third kappa shape index (κ3) is 5.17. The van der Waals surface area contributed by atoms with Crippen LogP contribution in [0.25, 0.3) is 0 Å². The van der Waals surface area contributed by atoms with Gasteiger partial charge in [-0.25, -0.2) is 0 Å². The molecule has 0 aliphatic rings. The monoisotopic (exact) mass is 348 g/mol. The van der Waals surface area contributed by atoms with E-state index in [4.69, 9.17) is 26.8 Å². The van der Waals surface area contributed by atoms with Gasteiger partial charge in [0, 0.05) is 5.69 Å². The average molecular weight is 349 g/mol. The molecule has 3 N–H and O–H groups in total. The zero-order chi connectivity index (χ0) is 17.5. The molecule has 24 heavy (non-hydrogen) atoms. The lowest BCUT2D eigenvalue weighted by Gasteiger charge is -2.15. The number of nitrogens with two attached hydrogens (primary N) is 1. The third-order valence-electron chi connectivity index (χ3n) is 3.01. The Hall–Kier alpha value is -2.73. The summed E-state index contributed by atoms with van der Waals surface area (Å²) in [5, 5.41) is 3.16. The molecule has 1 atom stereocenters. The minimum absolute atomic E-state index is 0.200. The molecule has 2 aromatic carbocycles. The summed E-state index contributed by atoms with van der Waals surface area (Å²) in [5.41, 5.74) is 5.57. The summed E-state index contributed by atoms with van der Waals surface area (Å²) < 4.78 is 10.7. The molecule has 1 unspecified atom stereocenters. The van der Waals surface area contributed by atoms with Crippen molar-refractivity contribution in [1.82, 2.24) is 0 Å². The van der Waals surface area contributed by atoms with Crippen LogP contribution in [0.5, 0.6) is 11.5 Å². The topological polar surface area (TPSA) is 90.7 Å². The normalized spacial score (nSPS) is 11.4. The lowest BCUT2D eigenvalue weighted by Crippen LogP contribution is -2.30. The second kappa shape index (κ2) is 8.21. The van der Waals surface area contributed by atoms with Gasteiger partial charge in [0.1, 0.15) is 11.5 Å². The van der Waals surface area contributed by atoms with Crippen LogP contribution in [-0.2, 0) is 9.59 Å². The van der Waals surface area contributed by atoms with Crippen molar-refractivity contribution in [3.8, 4) is 11.5 Å². The van der Waals surface area contributed by atoms with Gasteiger partial charge in [0.15, 0.2) is 12.7 Å². The van der Waals surface area contributed by atoms with E-state index in [-0.39, 0.29) is 12.5 Å². The molecule has 6 nitrogen and oxygen atoms in total. The zero-order valence-corrected chi connectivity index (χ0v) is 13.7. The van der Waals surface area contributed by atoms with Crippen molar-refractivity contribution in [2.24, 2.45) is 5.73 Å². The van der Waals surface area contributed by atoms with Crippen LogP contribution in [-0.4, -0.2) is 24.5 Å². The molecule has 2 aromatic rings. The van der Waals surface area contributed by atoms with Gasteiger partial charge in [-0.2, -0.15) is 0 Å². The van der Waals surface area contributed by atoms with Crippen LogP contribution in [0.1, 0.15) is 6.92 Å². The first kappa shape index (κ1) is 17.6. The van der Waals surface area contributed by atoms with E-state index in [0.717, 1.165) is 0 Å². The number of carbonyl (C=O) groups is 2. The quantitative estimate of drug-likeness (QED) is 0.804. The number of hydrogen-bond acceptors (Lipinski definition) is 4. The van der Waals surface area contributed by atoms with E-state index in [1.165, 1.54) is 0 Å². The molecular formula is C17H17ClN2O4. The number of nitrogens with one attached hydrogen (secondary N) is 1. The van der Waals surface area contributed by atoms with Crippen molar-refractivity contribution in [2.75, 3.05) is 11.9 Å². The molecule has 0 aromatic heterocycles. The smallest absolute Gasteiger partial charge is 0.265 e. The Labute approximate surface area is 144 Å². The van der Waals surface area contributed by atoms with Gasteiger partial charge < -0.3 is 20.5 Å². The Bertz CT molecular complexity index is 719. The average Bonchev–Trinajstić information content (AvgIpc) is 2.56. The van der Waals surface area contributed by atoms with Gasteiger partial charge in [0.2, 0.25) is 0 Å². The molecule has 0 spiro atoms. The predicted molar refractivity (Wildman–Crippen MR) is 91.3 cm³/mol. The molecule has 126 valence electrons. The summed E-state index contributed by atoms with van der Waals surface area (Å²) in [5.74, 6) is 0.0443. The van der Waals surface area contributed by atoms with Gasteiger partial charge in [-0.05, 0) is 43.3 Å². The SMILES string of the molecule is CC(Oc1ccccc1Cl)C(=O)Nc1ccc(OCC(N)=O)cc1. The summed E-state index contributed by atoms with van der Waals surface area (Å²) >= 11 is 6.00.